The van der Waals surface area contributed by atoms with E-state index in [0.717, 1.165) is 26.0 Å². The Hall–Kier alpha value is -0.840. The number of nitrogens with one attached hydrogen (secondary N) is 1. The molecule has 106 valence electrons. The van der Waals surface area contributed by atoms with Gasteiger partial charge in [0.15, 0.2) is 11.6 Å². The third-order valence-corrected chi connectivity index (χ3v) is 3.36. The zero-order chi connectivity index (χ0) is 13.7. The summed E-state index contributed by atoms with van der Waals surface area (Å²) in [6.07, 6.45) is 2.40. The smallest absolute Gasteiger partial charge is 0.183 e. The van der Waals surface area contributed by atoms with Crippen LogP contribution in [-0.4, -0.2) is 31.9 Å². The molecule has 2 atom stereocenters. The molecule has 1 aliphatic heterocycles. The number of hydrogen-bond acceptors (Lipinski definition) is 3. The Labute approximate surface area is 118 Å². The quantitative estimate of drug-likeness (QED) is 0.872. The average Bonchev–Trinajstić information content (AvgIpc) is 2.88. The lowest BCUT2D eigenvalue weighted by atomic mass is 10.2. The highest BCUT2D eigenvalue weighted by molar-refractivity contribution is 6.30. The van der Waals surface area contributed by atoms with Crippen LogP contribution in [0.25, 0.3) is 0 Å². The summed E-state index contributed by atoms with van der Waals surface area (Å²) in [5.74, 6) is -0.311. The van der Waals surface area contributed by atoms with Crippen molar-refractivity contribution in [3.63, 3.8) is 0 Å². The molecule has 1 aromatic carbocycles. The summed E-state index contributed by atoms with van der Waals surface area (Å²) in [7, 11) is 0. The zero-order valence-electron chi connectivity index (χ0n) is 11.0. The fraction of sp³-hybridized carbons (Fsp3) is 0.571. The molecule has 0 amide bonds. The normalized spacial score (nSPS) is 20.5. The number of ether oxygens (including phenoxy) is 2. The van der Waals surface area contributed by atoms with Gasteiger partial charge in [0.25, 0.3) is 0 Å². The van der Waals surface area contributed by atoms with E-state index in [1.165, 1.54) is 6.07 Å². The van der Waals surface area contributed by atoms with Crippen molar-refractivity contribution in [1.29, 1.82) is 0 Å². The highest BCUT2D eigenvalue weighted by Gasteiger charge is 2.16. The van der Waals surface area contributed by atoms with Gasteiger partial charge in [-0.05, 0) is 31.9 Å². The number of halogens is 2. The summed E-state index contributed by atoms with van der Waals surface area (Å²) >= 11 is 5.70. The van der Waals surface area contributed by atoms with Gasteiger partial charge in [0, 0.05) is 19.7 Å². The first-order valence-electron chi connectivity index (χ1n) is 6.60. The summed E-state index contributed by atoms with van der Waals surface area (Å²) in [4.78, 5) is 0. The van der Waals surface area contributed by atoms with E-state index in [2.05, 4.69) is 5.32 Å². The van der Waals surface area contributed by atoms with Gasteiger partial charge in [-0.2, -0.15) is 0 Å². The van der Waals surface area contributed by atoms with Crippen LogP contribution >= 0.6 is 11.6 Å². The number of benzene rings is 1. The fourth-order valence-electron chi connectivity index (χ4n) is 2.09. The lowest BCUT2D eigenvalue weighted by Gasteiger charge is -2.17. The predicted octanol–water partition coefficient (Wildman–Crippen LogP) is 3.02. The molecule has 1 heterocycles. The van der Waals surface area contributed by atoms with E-state index < -0.39 is 5.82 Å². The first-order valence-corrected chi connectivity index (χ1v) is 6.97. The third kappa shape index (κ3) is 4.34. The first kappa shape index (κ1) is 14.6. The van der Waals surface area contributed by atoms with E-state index in [9.17, 15) is 4.39 Å². The molecule has 1 fully saturated rings. The molecule has 19 heavy (non-hydrogen) atoms. The van der Waals surface area contributed by atoms with Crippen LogP contribution in [0.1, 0.15) is 19.8 Å². The molecule has 1 N–H and O–H groups in total. The van der Waals surface area contributed by atoms with Crippen LogP contribution in [0.2, 0.25) is 5.02 Å². The van der Waals surface area contributed by atoms with Crippen LogP contribution < -0.4 is 10.1 Å². The van der Waals surface area contributed by atoms with Gasteiger partial charge in [0.05, 0.1) is 11.1 Å². The van der Waals surface area contributed by atoms with Crippen LogP contribution in [-0.2, 0) is 4.74 Å². The molecule has 2 unspecified atom stereocenters. The minimum Gasteiger partial charge on any atom is -0.486 e. The van der Waals surface area contributed by atoms with Crippen LogP contribution in [0.5, 0.6) is 5.75 Å². The summed E-state index contributed by atoms with van der Waals surface area (Å²) in [5.41, 5.74) is 0. The molecule has 2 rings (SSSR count). The lowest BCUT2D eigenvalue weighted by molar-refractivity contribution is 0.106. The van der Waals surface area contributed by atoms with Gasteiger partial charge in [-0.25, -0.2) is 4.39 Å². The zero-order valence-corrected chi connectivity index (χ0v) is 11.8. The molecule has 1 aromatic rings. The van der Waals surface area contributed by atoms with E-state index in [-0.39, 0.29) is 16.9 Å². The molecule has 1 saturated heterocycles. The fourth-order valence-corrected chi connectivity index (χ4v) is 2.25. The van der Waals surface area contributed by atoms with Gasteiger partial charge < -0.3 is 14.8 Å². The molecule has 0 bridgehead atoms. The molecule has 0 spiro atoms. The van der Waals surface area contributed by atoms with Crippen molar-refractivity contribution in [1.82, 2.24) is 5.32 Å². The largest absolute Gasteiger partial charge is 0.486 e. The summed E-state index contributed by atoms with van der Waals surface area (Å²) < 4.78 is 24.7. The maximum absolute atomic E-state index is 13.6. The van der Waals surface area contributed by atoms with Crippen LogP contribution in [0.4, 0.5) is 4.39 Å². The van der Waals surface area contributed by atoms with E-state index in [1.807, 2.05) is 6.92 Å². The second-order valence-electron chi connectivity index (χ2n) is 4.77. The van der Waals surface area contributed by atoms with E-state index in [4.69, 9.17) is 21.1 Å². The second-order valence-corrected chi connectivity index (χ2v) is 5.18. The highest BCUT2D eigenvalue weighted by atomic mass is 35.5. The molecule has 0 saturated carbocycles. The SMILES string of the molecule is CC(CNCC1CCCO1)Oc1cccc(Cl)c1F. The first-order chi connectivity index (χ1) is 9.16. The van der Waals surface area contributed by atoms with E-state index >= 15 is 0 Å². The minimum atomic E-state index is -0.504. The van der Waals surface area contributed by atoms with Crippen LogP contribution in [0.15, 0.2) is 18.2 Å². The van der Waals surface area contributed by atoms with Crippen LogP contribution in [0, 0.1) is 5.82 Å². The molecular weight excluding hydrogens is 269 g/mol. The molecule has 3 nitrogen and oxygen atoms in total. The summed E-state index contributed by atoms with van der Waals surface area (Å²) in [6.45, 7) is 4.20. The van der Waals surface area contributed by atoms with Gasteiger partial charge in [0.2, 0.25) is 0 Å². The lowest BCUT2D eigenvalue weighted by Crippen LogP contribution is -2.34. The molecule has 1 aliphatic rings. The van der Waals surface area contributed by atoms with Crippen LogP contribution in [0.3, 0.4) is 0 Å². The Morgan fingerprint density at radius 2 is 2.42 bits per heavy atom. The van der Waals surface area contributed by atoms with Crippen molar-refractivity contribution in [3.05, 3.63) is 29.0 Å². The van der Waals surface area contributed by atoms with E-state index in [1.54, 1.807) is 12.1 Å². The molecule has 0 aliphatic carbocycles. The molecular formula is C14H19ClFNO2. The highest BCUT2D eigenvalue weighted by Crippen LogP contribution is 2.24. The van der Waals surface area contributed by atoms with Gasteiger partial charge >= 0.3 is 0 Å². The Bertz CT molecular complexity index is 410. The molecule has 0 aromatic heterocycles. The maximum Gasteiger partial charge on any atom is 0.183 e. The third-order valence-electron chi connectivity index (χ3n) is 3.07. The van der Waals surface area contributed by atoms with Crippen molar-refractivity contribution >= 4 is 11.6 Å². The van der Waals surface area contributed by atoms with Gasteiger partial charge in [-0.3, -0.25) is 0 Å². The predicted molar refractivity (Wildman–Crippen MR) is 73.3 cm³/mol. The maximum atomic E-state index is 13.6. The standard InChI is InChI=1S/C14H19ClFNO2/c1-10(8-17-9-11-4-3-7-18-11)19-13-6-2-5-12(15)14(13)16/h2,5-6,10-11,17H,3-4,7-9H2,1H3. The molecule has 5 heteroatoms. The Morgan fingerprint density at radius 3 is 3.16 bits per heavy atom. The summed E-state index contributed by atoms with van der Waals surface area (Å²) in [6, 6.07) is 4.76. The second kappa shape index (κ2) is 7.08. The van der Waals surface area contributed by atoms with Crippen molar-refractivity contribution in [2.45, 2.75) is 32.0 Å². The Morgan fingerprint density at radius 1 is 1.58 bits per heavy atom. The number of hydrogen-bond donors (Lipinski definition) is 1. The monoisotopic (exact) mass is 287 g/mol. The van der Waals surface area contributed by atoms with Crippen molar-refractivity contribution in [2.75, 3.05) is 19.7 Å². The molecule has 0 radical (unpaired) electrons. The average molecular weight is 288 g/mol. The minimum absolute atomic E-state index is 0.0806. The Kier molecular flexibility index (Phi) is 5.43. The summed E-state index contributed by atoms with van der Waals surface area (Å²) in [5, 5.41) is 3.36. The van der Waals surface area contributed by atoms with Gasteiger partial charge in [-0.1, -0.05) is 17.7 Å². The van der Waals surface area contributed by atoms with Crippen molar-refractivity contribution in [3.8, 4) is 5.75 Å². The van der Waals surface area contributed by atoms with Gasteiger partial charge in [0.1, 0.15) is 6.10 Å². The topological polar surface area (TPSA) is 30.5 Å². The van der Waals surface area contributed by atoms with Crippen molar-refractivity contribution < 1.29 is 13.9 Å². The number of rotatable bonds is 6. The Balaban J connectivity index is 1.74. The van der Waals surface area contributed by atoms with E-state index in [0.29, 0.717) is 12.6 Å². The van der Waals surface area contributed by atoms with Gasteiger partial charge in [-0.15, -0.1) is 0 Å². The van der Waals surface area contributed by atoms with Crippen molar-refractivity contribution in [2.24, 2.45) is 0 Å².